The molecule has 1 saturated heterocycles. The maximum atomic E-state index is 12.9. The topological polar surface area (TPSA) is 87.7 Å². The highest BCUT2D eigenvalue weighted by molar-refractivity contribution is 5.92. The van der Waals surface area contributed by atoms with Crippen LogP contribution in [0.5, 0.6) is 0 Å². The number of rotatable bonds is 8. The number of aryl methyl sites for hydroxylation is 1. The first-order chi connectivity index (χ1) is 18.0. The summed E-state index contributed by atoms with van der Waals surface area (Å²) in [5, 5.41) is 6.52. The lowest BCUT2D eigenvalue weighted by molar-refractivity contribution is -0.119. The molecule has 0 spiro atoms. The molecule has 0 aromatic heterocycles. The average Bonchev–Trinajstić information content (AvgIpc) is 3.30. The molecule has 9 nitrogen and oxygen atoms in total. The minimum absolute atomic E-state index is 0.0423. The number of methoxy groups -OCH3 is 2. The first-order valence-corrected chi connectivity index (χ1v) is 12.9. The van der Waals surface area contributed by atoms with Gasteiger partial charge in [0.25, 0.3) is 6.02 Å². The van der Waals surface area contributed by atoms with Gasteiger partial charge in [-0.15, -0.1) is 0 Å². The number of hydrogen-bond donors (Lipinski definition) is 2. The third-order valence-electron chi connectivity index (χ3n) is 7.56. The van der Waals surface area contributed by atoms with E-state index in [-0.39, 0.29) is 24.0 Å². The quantitative estimate of drug-likeness (QED) is 0.568. The van der Waals surface area contributed by atoms with Crippen molar-refractivity contribution in [1.82, 2.24) is 15.1 Å². The number of carbonyl (C=O) groups is 1. The van der Waals surface area contributed by atoms with Crippen molar-refractivity contribution in [2.45, 2.75) is 37.6 Å². The Morgan fingerprint density at radius 2 is 1.84 bits per heavy atom. The van der Waals surface area contributed by atoms with Crippen LogP contribution < -0.4 is 10.6 Å². The Labute approximate surface area is 218 Å². The molecule has 5 rings (SSSR count). The van der Waals surface area contributed by atoms with Crippen LogP contribution in [0.15, 0.2) is 47.5 Å². The van der Waals surface area contributed by atoms with Gasteiger partial charge in [0.15, 0.2) is 0 Å². The van der Waals surface area contributed by atoms with Crippen LogP contribution in [0, 0.1) is 0 Å². The predicted octanol–water partition coefficient (Wildman–Crippen LogP) is 2.70. The molecule has 2 N–H and O–H groups in total. The number of hydrogen-bond acceptors (Lipinski definition) is 8. The average molecular weight is 508 g/mol. The molecule has 2 aromatic rings. The lowest BCUT2D eigenvalue weighted by Crippen LogP contribution is -2.60. The Morgan fingerprint density at radius 3 is 2.59 bits per heavy atom. The fraction of sp³-hybridized carbons (Fsp3) is 0.500. The maximum absolute atomic E-state index is 12.9. The van der Waals surface area contributed by atoms with E-state index in [1.807, 2.05) is 18.2 Å². The highest BCUT2D eigenvalue weighted by Crippen LogP contribution is 2.32. The number of amidine groups is 1. The number of carbonyl (C=O) groups excluding carboxylic acids is 1. The van der Waals surface area contributed by atoms with Crippen LogP contribution in [0.3, 0.4) is 0 Å². The summed E-state index contributed by atoms with van der Waals surface area (Å²) in [6, 6.07) is 15.5. The molecule has 1 aliphatic carbocycles. The summed E-state index contributed by atoms with van der Waals surface area (Å²) in [4.78, 5) is 22.1. The number of likely N-dealkylation sites (N-methyl/N-ethyl adjacent to an activating group) is 1. The van der Waals surface area contributed by atoms with Gasteiger partial charge in [0.05, 0.1) is 31.5 Å². The highest BCUT2D eigenvalue weighted by atomic mass is 16.5. The van der Waals surface area contributed by atoms with E-state index < -0.39 is 0 Å². The summed E-state index contributed by atoms with van der Waals surface area (Å²) in [5.74, 6) is -0.0423. The molecule has 2 aromatic carbocycles. The van der Waals surface area contributed by atoms with E-state index in [1.165, 1.54) is 11.1 Å². The van der Waals surface area contributed by atoms with Gasteiger partial charge in [-0.1, -0.05) is 24.3 Å². The van der Waals surface area contributed by atoms with Gasteiger partial charge in [-0.25, -0.2) is 0 Å². The molecule has 2 aliphatic heterocycles. The standard InChI is InChI=1S/C28H37N5O4/c1-32-22(17-35-2)13-33(14-23(32)18-36-3)15-27(34)29-21-9-11-25-20(12-21)16-37-28(30-25)31-26-10-8-19-6-4-5-7-24(19)26/h4-7,9,11-12,22-23,26H,8,10,13-18H2,1-3H3,(H,29,34)(H,30,31)/t22-,23-,26-/m1/s1. The second kappa shape index (κ2) is 11.6. The number of amides is 1. The van der Waals surface area contributed by atoms with E-state index in [9.17, 15) is 4.79 Å². The van der Waals surface area contributed by atoms with Crippen LogP contribution in [0.1, 0.15) is 29.2 Å². The van der Waals surface area contributed by atoms with Crippen LogP contribution in [0.4, 0.5) is 11.4 Å². The highest BCUT2D eigenvalue weighted by Gasteiger charge is 2.33. The van der Waals surface area contributed by atoms with Crippen LogP contribution in [-0.2, 0) is 32.0 Å². The number of nitrogens with one attached hydrogen (secondary N) is 2. The fourth-order valence-electron chi connectivity index (χ4n) is 5.59. The zero-order valence-corrected chi connectivity index (χ0v) is 21.9. The molecule has 2 heterocycles. The molecule has 9 heteroatoms. The van der Waals surface area contributed by atoms with E-state index in [1.54, 1.807) is 14.2 Å². The SMILES string of the molecule is COC[C@H]1CN(CC(=O)Nc2ccc3c(c2)COC(N[C@@H]2CCc4ccccc42)=N3)C[C@H](COC)N1C. The molecular formula is C28H37N5O4. The van der Waals surface area contributed by atoms with Crippen molar-refractivity contribution in [2.24, 2.45) is 4.99 Å². The van der Waals surface area contributed by atoms with Gasteiger partial charge in [0.1, 0.15) is 6.61 Å². The smallest absolute Gasteiger partial charge is 0.290 e. The fourth-order valence-corrected chi connectivity index (χ4v) is 5.59. The molecular weight excluding hydrogens is 470 g/mol. The number of piperazine rings is 1. The summed E-state index contributed by atoms with van der Waals surface area (Å²) in [6.07, 6.45) is 2.10. The molecule has 0 unspecified atom stereocenters. The Kier molecular flexibility index (Phi) is 8.05. The number of anilines is 1. The lowest BCUT2D eigenvalue weighted by atomic mass is 10.1. The van der Waals surface area contributed by atoms with Crippen molar-refractivity contribution in [3.8, 4) is 0 Å². The molecule has 3 aliphatic rings. The first kappa shape index (κ1) is 25.7. The number of nitrogens with zero attached hydrogens (tertiary/aromatic N) is 3. The molecule has 0 radical (unpaired) electrons. The Bertz CT molecular complexity index is 1120. The van der Waals surface area contributed by atoms with E-state index in [4.69, 9.17) is 14.2 Å². The molecule has 198 valence electrons. The minimum atomic E-state index is -0.0423. The normalized spacial score (nSPS) is 23.5. The van der Waals surface area contributed by atoms with E-state index >= 15 is 0 Å². The van der Waals surface area contributed by atoms with Crippen molar-refractivity contribution >= 4 is 23.3 Å². The Morgan fingerprint density at radius 1 is 1.08 bits per heavy atom. The van der Waals surface area contributed by atoms with Crippen LogP contribution in [0.2, 0.25) is 0 Å². The Balaban J connectivity index is 1.18. The molecule has 1 fully saturated rings. The van der Waals surface area contributed by atoms with Gasteiger partial charge in [0, 0.05) is 50.6 Å². The number of fused-ring (bicyclic) bond motifs is 2. The van der Waals surface area contributed by atoms with Crippen molar-refractivity contribution in [1.29, 1.82) is 0 Å². The van der Waals surface area contributed by atoms with Crippen LogP contribution in [0.25, 0.3) is 0 Å². The van der Waals surface area contributed by atoms with Gasteiger partial charge >= 0.3 is 0 Å². The van der Waals surface area contributed by atoms with Crippen LogP contribution in [-0.4, -0.2) is 87.9 Å². The van der Waals surface area contributed by atoms with Gasteiger partial charge in [-0.2, -0.15) is 4.99 Å². The van der Waals surface area contributed by atoms with Gasteiger partial charge in [-0.3, -0.25) is 14.6 Å². The zero-order valence-electron chi connectivity index (χ0n) is 21.9. The second-order valence-corrected chi connectivity index (χ2v) is 10.1. The zero-order chi connectivity index (χ0) is 25.8. The third-order valence-corrected chi connectivity index (χ3v) is 7.56. The van der Waals surface area contributed by atoms with E-state index in [0.29, 0.717) is 32.4 Å². The van der Waals surface area contributed by atoms with Crippen LogP contribution >= 0.6 is 0 Å². The summed E-state index contributed by atoms with van der Waals surface area (Å²) in [6.45, 7) is 3.50. The third kappa shape index (κ3) is 5.96. The maximum Gasteiger partial charge on any atom is 0.290 e. The number of ether oxygens (including phenoxy) is 3. The van der Waals surface area contributed by atoms with Gasteiger partial charge < -0.3 is 24.8 Å². The predicted molar refractivity (Wildman–Crippen MR) is 143 cm³/mol. The monoisotopic (exact) mass is 507 g/mol. The molecule has 3 atom stereocenters. The van der Waals surface area contributed by atoms with Crippen molar-refractivity contribution in [3.63, 3.8) is 0 Å². The second-order valence-electron chi connectivity index (χ2n) is 10.1. The molecule has 37 heavy (non-hydrogen) atoms. The minimum Gasteiger partial charge on any atom is -0.460 e. The van der Waals surface area contributed by atoms with Gasteiger partial charge in [0.2, 0.25) is 5.91 Å². The summed E-state index contributed by atoms with van der Waals surface area (Å²) in [7, 11) is 5.51. The molecule has 0 bridgehead atoms. The Hall–Kier alpha value is -2.98. The summed E-state index contributed by atoms with van der Waals surface area (Å²) >= 11 is 0. The van der Waals surface area contributed by atoms with Crippen molar-refractivity contribution in [2.75, 3.05) is 59.4 Å². The van der Waals surface area contributed by atoms with E-state index in [2.05, 4.69) is 56.7 Å². The number of benzene rings is 2. The molecule has 0 saturated carbocycles. The van der Waals surface area contributed by atoms with E-state index in [0.717, 1.165) is 42.9 Å². The number of aliphatic imine (C=N–C) groups is 1. The van der Waals surface area contributed by atoms with Crippen molar-refractivity contribution < 1.29 is 19.0 Å². The largest absolute Gasteiger partial charge is 0.460 e. The van der Waals surface area contributed by atoms with Gasteiger partial charge in [-0.05, 0) is 49.2 Å². The summed E-state index contributed by atoms with van der Waals surface area (Å²) < 4.78 is 16.7. The van der Waals surface area contributed by atoms with Crippen molar-refractivity contribution in [3.05, 3.63) is 59.2 Å². The summed E-state index contributed by atoms with van der Waals surface area (Å²) in [5.41, 5.74) is 5.27. The lowest BCUT2D eigenvalue weighted by Gasteiger charge is -2.44. The molecule has 1 amide bonds. The first-order valence-electron chi connectivity index (χ1n) is 12.9.